The van der Waals surface area contributed by atoms with Gasteiger partial charge in [-0.15, -0.1) is 11.3 Å². The number of carbonyl (C=O) groups is 1. The quantitative estimate of drug-likeness (QED) is 0.726. The zero-order chi connectivity index (χ0) is 19.3. The van der Waals surface area contributed by atoms with Crippen LogP contribution in [0.5, 0.6) is 11.5 Å². The minimum atomic E-state index is -0.149. The van der Waals surface area contributed by atoms with Crippen LogP contribution in [0, 0.1) is 0 Å². The second kappa shape index (κ2) is 8.96. The standard InChI is InChI=1S/C20H21ClN2O4S/c21-15-10-14(11-17-20(15)27-13-26-17)3-4-19(24)22-12-16(18-2-1-9-28-18)23-5-7-25-8-6-23/h1-4,9-11,16H,5-8,12-13H2,(H,22,24)/b4-3+/t16-/m0/s1. The van der Waals surface area contributed by atoms with Crippen molar-refractivity contribution >= 4 is 34.9 Å². The number of ether oxygens (including phenoxy) is 3. The van der Waals surface area contributed by atoms with Gasteiger partial charge in [0.2, 0.25) is 12.7 Å². The Morgan fingerprint density at radius 1 is 1.32 bits per heavy atom. The highest BCUT2D eigenvalue weighted by Gasteiger charge is 2.23. The Hall–Kier alpha value is -2.06. The topological polar surface area (TPSA) is 60.0 Å². The van der Waals surface area contributed by atoms with Crippen molar-refractivity contribution in [3.63, 3.8) is 0 Å². The van der Waals surface area contributed by atoms with Gasteiger partial charge in [-0.1, -0.05) is 17.7 Å². The van der Waals surface area contributed by atoms with Gasteiger partial charge in [0, 0.05) is 30.6 Å². The van der Waals surface area contributed by atoms with Gasteiger partial charge in [-0.3, -0.25) is 9.69 Å². The van der Waals surface area contributed by atoms with E-state index in [0.29, 0.717) is 23.1 Å². The molecule has 2 aliphatic heterocycles. The summed E-state index contributed by atoms with van der Waals surface area (Å²) < 4.78 is 16.1. The van der Waals surface area contributed by atoms with E-state index < -0.39 is 0 Å². The second-order valence-electron chi connectivity index (χ2n) is 6.49. The van der Waals surface area contributed by atoms with Crippen LogP contribution in [0.25, 0.3) is 6.08 Å². The van der Waals surface area contributed by atoms with E-state index in [9.17, 15) is 4.79 Å². The van der Waals surface area contributed by atoms with Gasteiger partial charge in [-0.25, -0.2) is 0 Å². The highest BCUT2D eigenvalue weighted by Crippen LogP contribution is 2.40. The van der Waals surface area contributed by atoms with Crippen LogP contribution in [0.4, 0.5) is 0 Å². The highest BCUT2D eigenvalue weighted by molar-refractivity contribution is 7.10. The van der Waals surface area contributed by atoms with Crippen molar-refractivity contribution in [1.29, 1.82) is 0 Å². The Labute approximate surface area is 172 Å². The van der Waals surface area contributed by atoms with E-state index in [1.807, 2.05) is 6.07 Å². The van der Waals surface area contributed by atoms with E-state index in [0.717, 1.165) is 31.9 Å². The van der Waals surface area contributed by atoms with Gasteiger partial charge >= 0.3 is 0 Å². The van der Waals surface area contributed by atoms with E-state index in [1.165, 1.54) is 11.0 Å². The number of halogens is 1. The van der Waals surface area contributed by atoms with Crippen LogP contribution in [0.15, 0.2) is 35.7 Å². The Morgan fingerprint density at radius 2 is 2.18 bits per heavy atom. The molecule has 1 atom stereocenters. The van der Waals surface area contributed by atoms with Gasteiger partial charge in [0.25, 0.3) is 0 Å². The smallest absolute Gasteiger partial charge is 0.244 e. The summed E-state index contributed by atoms with van der Waals surface area (Å²) in [4.78, 5) is 16.0. The Balaban J connectivity index is 1.38. The molecule has 4 rings (SSSR count). The fourth-order valence-electron chi connectivity index (χ4n) is 3.29. The third-order valence-corrected chi connectivity index (χ3v) is 5.96. The first-order valence-corrected chi connectivity index (χ1v) is 10.4. The predicted molar refractivity (Wildman–Crippen MR) is 109 cm³/mol. The van der Waals surface area contributed by atoms with E-state index in [1.54, 1.807) is 29.5 Å². The molecule has 0 bridgehead atoms. The van der Waals surface area contributed by atoms with E-state index in [4.69, 9.17) is 25.8 Å². The first-order chi connectivity index (χ1) is 13.7. The molecule has 1 N–H and O–H groups in total. The summed E-state index contributed by atoms with van der Waals surface area (Å²) in [6.07, 6.45) is 3.23. The molecule has 1 aromatic carbocycles. The minimum absolute atomic E-state index is 0.149. The number of amides is 1. The van der Waals surface area contributed by atoms with Crippen molar-refractivity contribution in [1.82, 2.24) is 10.2 Å². The minimum Gasteiger partial charge on any atom is -0.454 e. The first kappa shape index (κ1) is 19.3. The van der Waals surface area contributed by atoms with Crippen LogP contribution in [0.3, 0.4) is 0 Å². The monoisotopic (exact) mass is 420 g/mol. The molecule has 8 heteroatoms. The van der Waals surface area contributed by atoms with Crippen LogP contribution in [0.1, 0.15) is 16.5 Å². The van der Waals surface area contributed by atoms with Gasteiger partial charge < -0.3 is 19.5 Å². The average molecular weight is 421 g/mol. The predicted octanol–water partition coefficient (Wildman–Crippen LogP) is 3.33. The fraction of sp³-hybridized carbons (Fsp3) is 0.350. The highest BCUT2D eigenvalue weighted by atomic mass is 35.5. The summed E-state index contributed by atoms with van der Waals surface area (Å²) in [6, 6.07) is 7.86. The molecule has 1 aromatic heterocycles. The number of benzene rings is 1. The molecule has 1 saturated heterocycles. The summed E-state index contributed by atoms with van der Waals surface area (Å²) in [5, 5.41) is 5.55. The number of hydrogen-bond acceptors (Lipinski definition) is 6. The SMILES string of the molecule is O=C(/C=C/c1cc(Cl)c2c(c1)OCO2)NC[C@@H](c1cccs1)N1CCOCC1. The fourth-order valence-corrected chi connectivity index (χ4v) is 4.43. The molecular formula is C20H21ClN2O4S. The van der Waals surface area contributed by atoms with Crippen LogP contribution < -0.4 is 14.8 Å². The number of morpholine rings is 1. The van der Waals surface area contributed by atoms with Crippen molar-refractivity contribution in [2.75, 3.05) is 39.6 Å². The van der Waals surface area contributed by atoms with E-state index in [-0.39, 0.29) is 18.7 Å². The third-order valence-electron chi connectivity index (χ3n) is 4.70. The maximum absolute atomic E-state index is 12.4. The number of rotatable bonds is 6. The molecule has 1 amide bonds. The zero-order valence-corrected chi connectivity index (χ0v) is 16.8. The molecular weight excluding hydrogens is 400 g/mol. The van der Waals surface area contributed by atoms with Gasteiger partial charge in [0.15, 0.2) is 11.5 Å². The number of nitrogens with zero attached hydrogens (tertiary/aromatic N) is 1. The van der Waals surface area contributed by atoms with Crippen molar-refractivity contribution < 1.29 is 19.0 Å². The Bertz CT molecular complexity index is 850. The lowest BCUT2D eigenvalue weighted by atomic mass is 10.1. The number of thiophene rings is 1. The molecule has 2 aromatic rings. The summed E-state index contributed by atoms with van der Waals surface area (Å²) in [5.74, 6) is 0.994. The molecule has 2 aliphatic rings. The molecule has 28 heavy (non-hydrogen) atoms. The maximum Gasteiger partial charge on any atom is 0.244 e. The first-order valence-electron chi connectivity index (χ1n) is 9.11. The second-order valence-corrected chi connectivity index (χ2v) is 7.88. The molecule has 0 saturated carbocycles. The normalized spacial score (nSPS) is 17.8. The van der Waals surface area contributed by atoms with Gasteiger partial charge in [-0.05, 0) is 35.2 Å². The summed E-state index contributed by atoms with van der Waals surface area (Å²) in [7, 11) is 0. The molecule has 0 unspecified atom stereocenters. The van der Waals surface area contributed by atoms with Crippen molar-refractivity contribution in [2.24, 2.45) is 0 Å². The largest absolute Gasteiger partial charge is 0.454 e. The molecule has 0 spiro atoms. The molecule has 0 radical (unpaired) electrons. The average Bonchev–Trinajstić information content (AvgIpc) is 3.40. The Morgan fingerprint density at radius 3 is 2.96 bits per heavy atom. The van der Waals surface area contributed by atoms with Crippen LogP contribution in [-0.2, 0) is 9.53 Å². The number of carbonyl (C=O) groups excluding carboxylic acids is 1. The molecule has 148 valence electrons. The third kappa shape index (κ3) is 4.50. The number of fused-ring (bicyclic) bond motifs is 1. The van der Waals surface area contributed by atoms with Crippen LogP contribution in [-0.4, -0.2) is 50.4 Å². The lowest BCUT2D eigenvalue weighted by Crippen LogP contribution is -2.43. The Kier molecular flexibility index (Phi) is 6.17. The van der Waals surface area contributed by atoms with Crippen molar-refractivity contribution in [3.8, 4) is 11.5 Å². The summed E-state index contributed by atoms with van der Waals surface area (Å²) >= 11 is 7.89. The summed E-state index contributed by atoms with van der Waals surface area (Å²) in [6.45, 7) is 3.88. The lowest BCUT2D eigenvalue weighted by Gasteiger charge is -2.34. The van der Waals surface area contributed by atoms with Gasteiger partial charge in [0.05, 0.1) is 24.3 Å². The molecule has 0 aliphatic carbocycles. The van der Waals surface area contributed by atoms with Crippen molar-refractivity contribution in [3.05, 3.63) is 51.2 Å². The van der Waals surface area contributed by atoms with Crippen molar-refractivity contribution in [2.45, 2.75) is 6.04 Å². The summed E-state index contributed by atoms with van der Waals surface area (Å²) in [5.41, 5.74) is 0.785. The maximum atomic E-state index is 12.4. The van der Waals surface area contributed by atoms with Gasteiger partial charge in [0.1, 0.15) is 0 Å². The molecule has 3 heterocycles. The molecule has 1 fully saturated rings. The van der Waals surface area contributed by atoms with Gasteiger partial charge in [-0.2, -0.15) is 0 Å². The zero-order valence-electron chi connectivity index (χ0n) is 15.2. The lowest BCUT2D eigenvalue weighted by molar-refractivity contribution is -0.116. The number of nitrogens with one attached hydrogen (secondary N) is 1. The number of hydrogen-bond donors (Lipinski definition) is 1. The van der Waals surface area contributed by atoms with E-state index >= 15 is 0 Å². The van der Waals surface area contributed by atoms with E-state index in [2.05, 4.69) is 21.7 Å². The molecule has 6 nitrogen and oxygen atoms in total. The van der Waals surface area contributed by atoms with Crippen LogP contribution >= 0.6 is 22.9 Å². The van der Waals surface area contributed by atoms with Crippen LogP contribution in [0.2, 0.25) is 5.02 Å².